The van der Waals surface area contributed by atoms with Crippen LogP contribution in [0.4, 0.5) is 0 Å². The normalized spacial score (nSPS) is 17.3. The van der Waals surface area contributed by atoms with Crippen molar-refractivity contribution in [1.82, 2.24) is 25.5 Å². The van der Waals surface area contributed by atoms with Crippen LogP contribution in [0.15, 0.2) is 42.9 Å². The predicted molar refractivity (Wildman–Crippen MR) is 134 cm³/mol. The van der Waals surface area contributed by atoms with E-state index in [0.717, 1.165) is 5.56 Å². The van der Waals surface area contributed by atoms with Gasteiger partial charge in [0.05, 0.1) is 12.4 Å². The summed E-state index contributed by atoms with van der Waals surface area (Å²) in [5.74, 6) is -4.30. The lowest BCUT2D eigenvalue weighted by molar-refractivity contribution is -0.145. The molecule has 1 aromatic carbocycles. The highest BCUT2D eigenvalue weighted by Crippen LogP contribution is 2.20. The number of nitrogens with two attached hydrogens (primary N) is 1. The Hall–Kier alpha value is -4.26. The number of rotatable bonds is 13. The summed E-state index contributed by atoms with van der Waals surface area (Å²) in [6.45, 7) is 0.231. The van der Waals surface area contributed by atoms with E-state index >= 15 is 0 Å². The molecule has 4 unspecified atom stereocenters. The molecule has 0 spiro atoms. The van der Waals surface area contributed by atoms with Crippen LogP contribution in [0.1, 0.15) is 36.9 Å². The third-order valence-corrected chi connectivity index (χ3v) is 6.33. The van der Waals surface area contributed by atoms with Crippen molar-refractivity contribution >= 4 is 29.7 Å². The number of amides is 3. The number of aliphatic carboxylic acids is 2. The van der Waals surface area contributed by atoms with Crippen LogP contribution in [0.3, 0.4) is 0 Å². The maximum absolute atomic E-state index is 13.6. The molecule has 1 aromatic heterocycles. The van der Waals surface area contributed by atoms with E-state index in [1.165, 1.54) is 17.4 Å². The third kappa shape index (κ3) is 7.87. The Morgan fingerprint density at radius 2 is 1.82 bits per heavy atom. The van der Waals surface area contributed by atoms with Crippen LogP contribution in [-0.4, -0.2) is 85.5 Å². The first-order chi connectivity index (χ1) is 18.2. The second-order valence-corrected chi connectivity index (χ2v) is 9.16. The highest BCUT2D eigenvalue weighted by atomic mass is 16.4. The minimum atomic E-state index is -1.41. The summed E-state index contributed by atoms with van der Waals surface area (Å²) in [7, 11) is 0. The van der Waals surface area contributed by atoms with Crippen molar-refractivity contribution in [2.75, 3.05) is 6.54 Å². The third-order valence-electron chi connectivity index (χ3n) is 6.33. The van der Waals surface area contributed by atoms with Gasteiger partial charge in [-0.15, -0.1) is 0 Å². The number of nitrogens with zero attached hydrogens (tertiary/aromatic N) is 2. The van der Waals surface area contributed by atoms with Gasteiger partial charge in [0.2, 0.25) is 17.7 Å². The van der Waals surface area contributed by atoms with Gasteiger partial charge in [0.25, 0.3) is 0 Å². The number of carboxylic acids is 2. The number of H-pyrrole nitrogens is 1. The molecule has 1 saturated heterocycles. The van der Waals surface area contributed by atoms with Crippen molar-refractivity contribution in [3.05, 3.63) is 54.1 Å². The smallest absolute Gasteiger partial charge is 0.326 e. The summed E-state index contributed by atoms with van der Waals surface area (Å²) in [6, 6.07) is 4.85. The number of carbonyl (C=O) groups is 5. The van der Waals surface area contributed by atoms with E-state index < -0.39 is 60.2 Å². The second kappa shape index (κ2) is 13.3. The summed E-state index contributed by atoms with van der Waals surface area (Å²) in [4.78, 5) is 70.0. The molecule has 38 heavy (non-hydrogen) atoms. The first-order valence-corrected chi connectivity index (χ1v) is 12.3. The van der Waals surface area contributed by atoms with E-state index in [9.17, 15) is 29.1 Å². The molecule has 3 amide bonds. The van der Waals surface area contributed by atoms with Crippen LogP contribution in [0, 0.1) is 0 Å². The zero-order valence-electron chi connectivity index (χ0n) is 20.7. The highest BCUT2D eigenvalue weighted by molar-refractivity contribution is 5.94. The van der Waals surface area contributed by atoms with E-state index in [1.807, 2.05) is 30.3 Å². The molecular formula is C25H32N6O7. The van der Waals surface area contributed by atoms with E-state index in [1.54, 1.807) is 0 Å². The van der Waals surface area contributed by atoms with Gasteiger partial charge < -0.3 is 36.5 Å². The summed E-state index contributed by atoms with van der Waals surface area (Å²) in [5.41, 5.74) is 7.56. The van der Waals surface area contributed by atoms with Crippen LogP contribution in [0.2, 0.25) is 0 Å². The molecule has 4 atom stereocenters. The highest BCUT2D eigenvalue weighted by Gasteiger charge is 2.39. The number of hydrogen-bond donors (Lipinski definition) is 6. The fourth-order valence-corrected chi connectivity index (χ4v) is 4.35. The molecule has 2 heterocycles. The summed E-state index contributed by atoms with van der Waals surface area (Å²) in [5, 5.41) is 23.3. The Bertz CT molecular complexity index is 1120. The van der Waals surface area contributed by atoms with Gasteiger partial charge in [-0.1, -0.05) is 30.3 Å². The van der Waals surface area contributed by atoms with Gasteiger partial charge in [0, 0.05) is 31.3 Å². The van der Waals surface area contributed by atoms with E-state index in [0.29, 0.717) is 18.5 Å². The fraction of sp³-hybridized carbons (Fsp3) is 0.440. The molecule has 0 radical (unpaired) electrons. The summed E-state index contributed by atoms with van der Waals surface area (Å²) >= 11 is 0. The van der Waals surface area contributed by atoms with Crippen LogP contribution in [-0.2, 0) is 36.8 Å². The van der Waals surface area contributed by atoms with Crippen molar-refractivity contribution in [3.63, 3.8) is 0 Å². The standard InChI is InChI=1S/C25H32N6O7/c26-17(11-15-5-2-1-3-6-15)22(34)30-19(12-16-13-27-14-28-16)24(36)31-10-4-7-20(31)23(35)29-18(25(37)38)8-9-21(32)33/h1-3,5-6,13-14,17-20H,4,7-12,26H2,(H,27,28)(H,29,35)(H,30,34)(H,32,33)(H,37,38). The van der Waals surface area contributed by atoms with Crippen LogP contribution in [0.25, 0.3) is 0 Å². The van der Waals surface area contributed by atoms with Crippen molar-refractivity contribution in [3.8, 4) is 0 Å². The molecule has 0 bridgehead atoms. The first-order valence-electron chi connectivity index (χ1n) is 12.3. The van der Waals surface area contributed by atoms with Crippen LogP contribution >= 0.6 is 0 Å². The monoisotopic (exact) mass is 528 g/mol. The zero-order valence-corrected chi connectivity index (χ0v) is 20.7. The number of imidazole rings is 1. The van der Waals surface area contributed by atoms with E-state index in [2.05, 4.69) is 20.6 Å². The number of aromatic amines is 1. The largest absolute Gasteiger partial charge is 0.481 e. The zero-order chi connectivity index (χ0) is 27.7. The molecule has 1 aliphatic heterocycles. The Morgan fingerprint density at radius 3 is 2.45 bits per heavy atom. The van der Waals surface area contributed by atoms with Crippen molar-refractivity contribution in [2.45, 2.75) is 62.7 Å². The molecule has 2 aromatic rings. The topological polar surface area (TPSA) is 208 Å². The van der Waals surface area contributed by atoms with Gasteiger partial charge in [-0.25, -0.2) is 9.78 Å². The van der Waals surface area contributed by atoms with E-state index in [4.69, 9.17) is 10.8 Å². The minimum absolute atomic E-state index is 0.0732. The summed E-state index contributed by atoms with van der Waals surface area (Å²) in [6.07, 6.45) is 3.35. The number of nitrogens with one attached hydrogen (secondary N) is 3. The molecule has 3 rings (SSSR count). The van der Waals surface area contributed by atoms with Gasteiger partial charge in [-0.3, -0.25) is 19.2 Å². The van der Waals surface area contributed by atoms with Crippen molar-refractivity contribution in [1.29, 1.82) is 0 Å². The SMILES string of the molecule is NC(Cc1ccccc1)C(=O)NC(Cc1cnc[nH]1)C(=O)N1CCCC1C(=O)NC(CCC(=O)O)C(=O)O. The molecular weight excluding hydrogens is 496 g/mol. The van der Waals surface area contributed by atoms with E-state index in [-0.39, 0.29) is 25.8 Å². The van der Waals surface area contributed by atoms with Gasteiger partial charge in [-0.05, 0) is 31.2 Å². The van der Waals surface area contributed by atoms with Crippen molar-refractivity contribution in [2.24, 2.45) is 5.73 Å². The number of aromatic nitrogens is 2. The van der Waals surface area contributed by atoms with Gasteiger partial charge in [0.1, 0.15) is 18.1 Å². The average Bonchev–Trinajstić information content (AvgIpc) is 3.58. The predicted octanol–water partition coefficient (Wildman–Crippen LogP) is -0.568. The fourth-order valence-electron chi connectivity index (χ4n) is 4.35. The Morgan fingerprint density at radius 1 is 1.08 bits per heavy atom. The van der Waals surface area contributed by atoms with Crippen molar-refractivity contribution < 1.29 is 34.2 Å². The molecule has 7 N–H and O–H groups in total. The number of hydrogen-bond acceptors (Lipinski definition) is 7. The molecule has 13 nitrogen and oxygen atoms in total. The number of carboxylic acid groups (broad SMARTS) is 2. The lowest BCUT2D eigenvalue weighted by atomic mass is 10.0. The lowest BCUT2D eigenvalue weighted by Crippen LogP contribution is -2.57. The molecule has 1 aliphatic rings. The van der Waals surface area contributed by atoms with Gasteiger partial charge in [-0.2, -0.15) is 0 Å². The van der Waals surface area contributed by atoms with Gasteiger partial charge in [0.15, 0.2) is 0 Å². The molecule has 0 saturated carbocycles. The first kappa shape index (κ1) is 28.3. The number of benzene rings is 1. The summed E-state index contributed by atoms with van der Waals surface area (Å²) < 4.78 is 0. The number of likely N-dealkylation sites (tertiary alicyclic amines) is 1. The molecule has 13 heteroatoms. The van der Waals surface area contributed by atoms with Gasteiger partial charge >= 0.3 is 11.9 Å². The maximum atomic E-state index is 13.6. The number of carbonyl (C=O) groups excluding carboxylic acids is 3. The van der Waals surface area contributed by atoms with Crippen LogP contribution < -0.4 is 16.4 Å². The average molecular weight is 529 g/mol. The Labute approximate surface area is 218 Å². The molecule has 1 fully saturated rings. The quantitative estimate of drug-likeness (QED) is 0.196. The lowest BCUT2D eigenvalue weighted by Gasteiger charge is -2.30. The Balaban J connectivity index is 1.72. The molecule has 204 valence electrons. The van der Waals surface area contributed by atoms with Crippen LogP contribution in [0.5, 0.6) is 0 Å². The molecule has 0 aliphatic carbocycles. The second-order valence-electron chi connectivity index (χ2n) is 9.16. The minimum Gasteiger partial charge on any atom is -0.481 e. The Kier molecular flexibility index (Phi) is 9.93. The maximum Gasteiger partial charge on any atom is 0.326 e.